The fourth-order valence-corrected chi connectivity index (χ4v) is 5.72. The number of carboxylic acid groups (broad SMARTS) is 1. The molecule has 2 heterocycles. The second-order valence-electron chi connectivity index (χ2n) is 8.44. The highest BCUT2D eigenvalue weighted by atomic mass is 35.5. The molecular weight excluding hydrogens is 493 g/mol. The first-order valence-corrected chi connectivity index (χ1v) is 12.4. The fraction of sp³-hybridized carbons (Fsp3) is 0.231. The van der Waals surface area contributed by atoms with E-state index in [4.69, 9.17) is 32.5 Å². The number of carboxylic acids is 1. The molecule has 1 fully saturated rings. The van der Waals surface area contributed by atoms with E-state index in [1.807, 2.05) is 32.0 Å². The maximum absolute atomic E-state index is 11.3. The SMILES string of the molecule is Cc1cc(OCc2c(-c3c(Cl)cccc3Cl)noc2C2CC2)ccc1-c1sc(C(=O)O)cc1C. The minimum absolute atomic E-state index is 0.270. The Morgan fingerprint density at radius 3 is 2.50 bits per heavy atom. The van der Waals surface area contributed by atoms with Gasteiger partial charge in [-0.1, -0.05) is 34.4 Å². The molecule has 2 aromatic carbocycles. The van der Waals surface area contributed by atoms with Crippen molar-refractivity contribution in [1.29, 1.82) is 0 Å². The molecule has 0 atom stereocenters. The number of aromatic nitrogens is 1. The van der Waals surface area contributed by atoms with Crippen molar-refractivity contribution >= 4 is 40.5 Å². The number of halogens is 2. The van der Waals surface area contributed by atoms with Gasteiger partial charge in [0.1, 0.15) is 28.7 Å². The number of carbonyl (C=O) groups is 1. The molecule has 5 rings (SSSR count). The summed E-state index contributed by atoms with van der Waals surface area (Å²) in [6.45, 7) is 4.19. The van der Waals surface area contributed by atoms with Crippen LogP contribution >= 0.6 is 34.5 Å². The summed E-state index contributed by atoms with van der Waals surface area (Å²) in [7, 11) is 0. The van der Waals surface area contributed by atoms with Gasteiger partial charge in [0.05, 0.1) is 15.6 Å². The molecule has 8 heteroatoms. The summed E-state index contributed by atoms with van der Waals surface area (Å²) in [5, 5.41) is 14.6. The van der Waals surface area contributed by atoms with Crippen LogP contribution in [0.25, 0.3) is 21.7 Å². The molecule has 34 heavy (non-hydrogen) atoms. The molecule has 1 N–H and O–H groups in total. The minimum Gasteiger partial charge on any atom is -0.489 e. The molecule has 174 valence electrons. The van der Waals surface area contributed by atoms with Crippen molar-refractivity contribution in [3.63, 3.8) is 0 Å². The average molecular weight is 514 g/mol. The summed E-state index contributed by atoms with van der Waals surface area (Å²) < 4.78 is 11.9. The average Bonchev–Trinajstić information content (AvgIpc) is 3.44. The topological polar surface area (TPSA) is 72.6 Å². The third-order valence-electron chi connectivity index (χ3n) is 5.92. The Hall–Kier alpha value is -2.80. The highest BCUT2D eigenvalue weighted by molar-refractivity contribution is 7.17. The molecule has 0 unspecified atom stereocenters. The van der Waals surface area contributed by atoms with E-state index in [9.17, 15) is 9.90 Å². The first-order valence-electron chi connectivity index (χ1n) is 10.8. The molecule has 2 aromatic heterocycles. The quantitative estimate of drug-likeness (QED) is 0.269. The van der Waals surface area contributed by atoms with E-state index < -0.39 is 5.97 Å². The second kappa shape index (κ2) is 9.10. The van der Waals surface area contributed by atoms with Gasteiger partial charge in [0.25, 0.3) is 0 Å². The third-order valence-corrected chi connectivity index (χ3v) is 7.81. The van der Waals surface area contributed by atoms with Crippen molar-refractivity contribution in [2.45, 2.75) is 39.2 Å². The zero-order chi connectivity index (χ0) is 24.0. The molecule has 5 nitrogen and oxygen atoms in total. The van der Waals surface area contributed by atoms with Crippen LogP contribution in [0.5, 0.6) is 5.75 Å². The number of ether oxygens (including phenoxy) is 1. The molecular formula is C26H21Cl2NO4S. The predicted octanol–water partition coefficient (Wildman–Crippen LogP) is 8.15. The van der Waals surface area contributed by atoms with Gasteiger partial charge in [0.2, 0.25) is 0 Å². The molecule has 0 saturated heterocycles. The Labute approximate surface area is 210 Å². The first-order chi connectivity index (χ1) is 16.3. The van der Waals surface area contributed by atoms with Gasteiger partial charge >= 0.3 is 5.97 Å². The van der Waals surface area contributed by atoms with E-state index in [0.29, 0.717) is 37.8 Å². The highest BCUT2D eigenvalue weighted by Crippen LogP contribution is 2.46. The highest BCUT2D eigenvalue weighted by Gasteiger charge is 2.33. The van der Waals surface area contributed by atoms with Gasteiger partial charge in [-0.15, -0.1) is 11.3 Å². The number of thiophene rings is 1. The van der Waals surface area contributed by atoms with Gasteiger partial charge in [0.15, 0.2) is 0 Å². The second-order valence-corrected chi connectivity index (χ2v) is 10.3. The van der Waals surface area contributed by atoms with Crippen LogP contribution in [0.3, 0.4) is 0 Å². The van der Waals surface area contributed by atoms with Gasteiger partial charge in [-0.05, 0) is 79.8 Å². The molecule has 1 aliphatic rings. The van der Waals surface area contributed by atoms with Crippen LogP contribution in [0.2, 0.25) is 10.0 Å². The predicted molar refractivity (Wildman–Crippen MR) is 134 cm³/mol. The number of hydrogen-bond acceptors (Lipinski definition) is 5. The molecule has 1 saturated carbocycles. The van der Waals surface area contributed by atoms with E-state index in [0.717, 1.165) is 45.7 Å². The molecule has 0 bridgehead atoms. The number of nitrogens with zero attached hydrogens (tertiary/aromatic N) is 1. The van der Waals surface area contributed by atoms with Crippen molar-refractivity contribution in [2.75, 3.05) is 0 Å². The normalized spacial score (nSPS) is 13.3. The summed E-state index contributed by atoms with van der Waals surface area (Å²) in [5.74, 6) is 0.963. The lowest BCUT2D eigenvalue weighted by Gasteiger charge is -2.12. The summed E-state index contributed by atoms with van der Waals surface area (Å²) >= 11 is 14.2. The number of aryl methyl sites for hydroxylation is 2. The Kier molecular flexibility index (Phi) is 6.15. The van der Waals surface area contributed by atoms with E-state index in [2.05, 4.69) is 5.16 Å². The van der Waals surface area contributed by atoms with Crippen LogP contribution < -0.4 is 4.74 Å². The summed E-state index contributed by atoms with van der Waals surface area (Å²) in [5.41, 5.74) is 5.06. The van der Waals surface area contributed by atoms with Crippen molar-refractivity contribution in [3.8, 4) is 27.4 Å². The summed E-state index contributed by atoms with van der Waals surface area (Å²) in [4.78, 5) is 12.6. The minimum atomic E-state index is -0.911. The Morgan fingerprint density at radius 1 is 1.15 bits per heavy atom. The number of aromatic carboxylic acids is 1. The molecule has 0 aliphatic heterocycles. The first kappa shape index (κ1) is 23.0. The van der Waals surface area contributed by atoms with Crippen molar-refractivity contribution in [1.82, 2.24) is 5.16 Å². The van der Waals surface area contributed by atoms with E-state index in [1.165, 1.54) is 11.3 Å². The van der Waals surface area contributed by atoms with Crippen molar-refractivity contribution in [3.05, 3.63) is 79.8 Å². The maximum atomic E-state index is 11.3. The molecule has 0 spiro atoms. The molecule has 4 aromatic rings. The van der Waals surface area contributed by atoms with E-state index in [1.54, 1.807) is 24.3 Å². The van der Waals surface area contributed by atoms with Crippen molar-refractivity contribution < 1.29 is 19.2 Å². The number of rotatable bonds is 7. The van der Waals surface area contributed by atoms with Crippen LogP contribution in [0.1, 0.15) is 50.9 Å². The van der Waals surface area contributed by atoms with E-state index >= 15 is 0 Å². The van der Waals surface area contributed by atoms with Crippen LogP contribution in [-0.4, -0.2) is 16.2 Å². The van der Waals surface area contributed by atoms with Crippen LogP contribution in [0.4, 0.5) is 0 Å². The van der Waals surface area contributed by atoms with Gasteiger partial charge < -0.3 is 14.4 Å². The standard InChI is InChI=1S/C26H21Cl2NO4S/c1-13-10-16(8-9-17(13)25-14(2)11-21(34-25)26(30)31)32-12-18-23(29-33-24(18)15-6-7-15)22-19(27)4-3-5-20(22)28/h3-5,8-11,15H,6-7,12H2,1-2H3,(H,30,31). The Bertz CT molecular complexity index is 1380. The monoisotopic (exact) mass is 513 g/mol. The zero-order valence-electron chi connectivity index (χ0n) is 18.5. The molecule has 0 amide bonds. The van der Waals surface area contributed by atoms with Crippen LogP contribution in [0.15, 0.2) is 47.0 Å². The van der Waals surface area contributed by atoms with Crippen LogP contribution in [-0.2, 0) is 6.61 Å². The van der Waals surface area contributed by atoms with Gasteiger partial charge in [0, 0.05) is 16.4 Å². The number of benzene rings is 2. The summed E-state index contributed by atoms with van der Waals surface area (Å²) in [6, 6.07) is 12.9. The third kappa shape index (κ3) is 4.33. The molecule has 0 radical (unpaired) electrons. The van der Waals surface area contributed by atoms with Crippen LogP contribution in [0, 0.1) is 13.8 Å². The van der Waals surface area contributed by atoms with Crippen molar-refractivity contribution in [2.24, 2.45) is 0 Å². The number of hydrogen-bond donors (Lipinski definition) is 1. The van der Waals surface area contributed by atoms with E-state index in [-0.39, 0.29) is 6.61 Å². The zero-order valence-corrected chi connectivity index (χ0v) is 20.9. The maximum Gasteiger partial charge on any atom is 0.345 e. The molecule has 1 aliphatic carbocycles. The lowest BCUT2D eigenvalue weighted by atomic mass is 10.0. The largest absolute Gasteiger partial charge is 0.489 e. The van der Waals surface area contributed by atoms with Gasteiger partial charge in [-0.3, -0.25) is 0 Å². The fourth-order valence-electron chi connectivity index (χ4n) is 4.04. The van der Waals surface area contributed by atoms with Gasteiger partial charge in [-0.2, -0.15) is 0 Å². The summed E-state index contributed by atoms with van der Waals surface area (Å²) in [6.07, 6.45) is 2.12. The smallest absolute Gasteiger partial charge is 0.345 e. The van der Waals surface area contributed by atoms with Gasteiger partial charge in [-0.25, -0.2) is 4.79 Å². The Balaban J connectivity index is 1.43. The lowest BCUT2D eigenvalue weighted by molar-refractivity contribution is 0.0702. The Morgan fingerprint density at radius 2 is 1.88 bits per heavy atom. The lowest BCUT2D eigenvalue weighted by Crippen LogP contribution is -2.00.